The number of carbonyl (C=O) groups excluding carboxylic acids is 1. The van der Waals surface area contributed by atoms with Gasteiger partial charge in [-0.25, -0.2) is 0 Å². The Morgan fingerprint density at radius 3 is 3.00 bits per heavy atom. The maximum absolute atomic E-state index is 12.7. The van der Waals surface area contributed by atoms with Crippen molar-refractivity contribution in [1.29, 1.82) is 0 Å². The summed E-state index contributed by atoms with van der Waals surface area (Å²) >= 11 is 5.70. The molecule has 0 aromatic heterocycles. The highest BCUT2D eigenvalue weighted by Crippen LogP contribution is 2.27. The molecular formula is C14H18BrIN2O. The Bertz CT molecular complexity index is 481. The lowest BCUT2D eigenvalue weighted by molar-refractivity contribution is 0.0572. The Labute approximate surface area is 136 Å². The van der Waals surface area contributed by atoms with Crippen molar-refractivity contribution in [1.82, 2.24) is 4.90 Å². The van der Waals surface area contributed by atoms with Crippen LogP contribution in [-0.4, -0.2) is 29.9 Å². The zero-order valence-electron chi connectivity index (χ0n) is 10.9. The monoisotopic (exact) mass is 436 g/mol. The topological polar surface area (TPSA) is 46.3 Å². The standard InChI is InChI=1S/C14H18BrIN2O/c1-9-4-5-18(11(6-9)8-17)14(19)12-7-10(16)2-3-13(12)15/h2-3,7,9,11H,4-6,8,17H2,1H3. The van der Waals surface area contributed by atoms with Crippen molar-refractivity contribution >= 4 is 44.4 Å². The van der Waals surface area contributed by atoms with E-state index in [0.717, 1.165) is 33.0 Å². The van der Waals surface area contributed by atoms with E-state index in [1.54, 1.807) is 0 Å². The first-order chi connectivity index (χ1) is 9.02. The van der Waals surface area contributed by atoms with E-state index in [1.807, 2.05) is 23.1 Å². The zero-order valence-corrected chi connectivity index (χ0v) is 14.6. The van der Waals surface area contributed by atoms with Crippen molar-refractivity contribution in [2.75, 3.05) is 13.1 Å². The zero-order chi connectivity index (χ0) is 14.0. The van der Waals surface area contributed by atoms with Gasteiger partial charge >= 0.3 is 0 Å². The van der Waals surface area contributed by atoms with Crippen LogP contribution in [0.3, 0.4) is 0 Å². The van der Waals surface area contributed by atoms with Crippen LogP contribution in [0.5, 0.6) is 0 Å². The smallest absolute Gasteiger partial charge is 0.255 e. The molecule has 19 heavy (non-hydrogen) atoms. The van der Waals surface area contributed by atoms with E-state index in [-0.39, 0.29) is 11.9 Å². The lowest BCUT2D eigenvalue weighted by Gasteiger charge is -2.38. The summed E-state index contributed by atoms with van der Waals surface area (Å²) in [7, 11) is 0. The molecule has 2 N–H and O–H groups in total. The van der Waals surface area contributed by atoms with Gasteiger partial charge in [-0.1, -0.05) is 6.92 Å². The molecule has 0 radical (unpaired) electrons. The van der Waals surface area contributed by atoms with Crippen LogP contribution in [0.2, 0.25) is 0 Å². The van der Waals surface area contributed by atoms with Gasteiger partial charge < -0.3 is 10.6 Å². The number of nitrogens with two attached hydrogens (primary N) is 1. The van der Waals surface area contributed by atoms with Crippen LogP contribution in [0.25, 0.3) is 0 Å². The molecule has 3 nitrogen and oxygen atoms in total. The fourth-order valence-electron chi connectivity index (χ4n) is 2.56. The summed E-state index contributed by atoms with van der Waals surface area (Å²) in [4.78, 5) is 14.6. The van der Waals surface area contributed by atoms with Crippen molar-refractivity contribution in [3.8, 4) is 0 Å². The SMILES string of the molecule is CC1CCN(C(=O)c2cc(I)ccc2Br)C(CN)C1. The Balaban J connectivity index is 2.25. The number of rotatable bonds is 2. The van der Waals surface area contributed by atoms with E-state index >= 15 is 0 Å². The van der Waals surface area contributed by atoms with Crippen LogP contribution in [0.1, 0.15) is 30.1 Å². The summed E-state index contributed by atoms with van der Waals surface area (Å²) in [5.74, 6) is 0.740. The van der Waals surface area contributed by atoms with Crippen molar-refractivity contribution in [2.45, 2.75) is 25.8 Å². The van der Waals surface area contributed by atoms with Crippen LogP contribution >= 0.6 is 38.5 Å². The number of hydrogen-bond acceptors (Lipinski definition) is 2. The average molecular weight is 437 g/mol. The van der Waals surface area contributed by atoms with Gasteiger partial charge in [-0.2, -0.15) is 0 Å². The Hall–Kier alpha value is -0.140. The molecule has 0 aliphatic carbocycles. The maximum atomic E-state index is 12.7. The van der Waals surface area contributed by atoms with E-state index in [2.05, 4.69) is 45.4 Å². The predicted molar refractivity (Wildman–Crippen MR) is 89.1 cm³/mol. The second kappa shape index (κ2) is 6.54. The van der Waals surface area contributed by atoms with Crippen molar-refractivity contribution < 1.29 is 4.79 Å². The van der Waals surface area contributed by atoms with E-state index in [9.17, 15) is 4.79 Å². The van der Waals surface area contributed by atoms with Crippen molar-refractivity contribution in [3.63, 3.8) is 0 Å². The summed E-state index contributed by atoms with van der Waals surface area (Å²) in [5.41, 5.74) is 6.57. The van der Waals surface area contributed by atoms with Gasteiger partial charge in [-0.15, -0.1) is 0 Å². The third kappa shape index (κ3) is 3.49. The number of hydrogen-bond donors (Lipinski definition) is 1. The van der Waals surface area contributed by atoms with Crippen molar-refractivity contribution in [2.24, 2.45) is 11.7 Å². The highest BCUT2D eigenvalue weighted by Gasteiger charge is 2.30. The summed E-state index contributed by atoms with van der Waals surface area (Å²) in [6.07, 6.45) is 2.06. The average Bonchev–Trinajstić information content (AvgIpc) is 2.40. The minimum atomic E-state index is 0.0905. The van der Waals surface area contributed by atoms with Gasteiger partial charge in [0.1, 0.15) is 0 Å². The molecule has 2 rings (SSSR count). The lowest BCUT2D eigenvalue weighted by atomic mass is 9.92. The molecule has 1 aliphatic rings. The fourth-order valence-corrected chi connectivity index (χ4v) is 3.47. The lowest BCUT2D eigenvalue weighted by Crippen LogP contribution is -2.49. The second-order valence-corrected chi connectivity index (χ2v) is 7.24. The van der Waals surface area contributed by atoms with E-state index < -0.39 is 0 Å². The van der Waals surface area contributed by atoms with E-state index in [4.69, 9.17) is 5.73 Å². The largest absolute Gasteiger partial charge is 0.334 e. The first kappa shape index (κ1) is 15.3. The molecule has 0 saturated carbocycles. The maximum Gasteiger partial charge on any atom is 0.255 e. The summed E-state index contributed by atoms with van der Waals surface area (Å²) in [6.45, 7) is 3.57. The third-order valence-corrected chi connectivity index (χ3v) is 5.03. The molecule has 5 heteroatoms. The molecule has 1 aromatic rings. The van der Waals surface area contributed by atoms with Gasteiger partial charge in [0.05, 0.1) is 5.56 Å². The number of benzene rings is 1. The molecule has 1 amide bonds. The Morgan fingerprint density at radius 1 is 1.58 bits per heavy atom. The number of likely N-dealkylation sites (tertiary alicyclic amines) is 1. The van der Waals surface area contributed by atoms with Crippen LogP contribution < -0.4 is 5.73 Å². The molecule has 2 unspecified atom stereocenters. The summed E-state index contributed by atoms with van der Waals surface area (Å²) < 4.78 is 1.92. The molecular weight excluding hydrogens is 419 g/mol. The molecule has 1 fully saturated rings. The molecule has 1 heterocycles. The molecule has 0 bridgehead atoms. The molecule has 2 atom stereocenters. The third-order valence-electron chi connectivity index (χ3n) is 3.67. The minimum Gasteiger partial charge on any atom is -0.334 e. The van der Waals surface area contributed by atoms with Crippen LogP contribution in [0.4, 0.5) is 0 Å². The van der Waals surface area contributed by atoms with Gasteiger partial charge in [0, 0.05) is 27.2 Å². The highest BCUT2D eigenvalue weighted by molar-refractivity contribution is 14.1. The van der Waals surface area contributed by atoms with Gasteiger partial charge in [0.15, 0.2) is 0 Å². The molecule has 104 valence electrons. The first-order valence-electron chi connectivity index (χ1n) is 6.49. The Morgan fingerprint density at radius 2 is 2.32 bits per heavy atom. The van der Waals surface area contributed by atoms with Crippen LogP contribution in [-0.2, 0) is 0 Å². The summed E-state index contributed by atoms with van der Waals surface area (Å²) in [6, 6.07) is 6.01. The molecule has 0 spiro atoms. The second-order valence-electron chi connectivity index (χ2n) is 5.14. The normalized spacial score (nSPS) is 23.5. The van der Waals surface area contributed by atoms with Crippen molar-refractivity contribution in [3.05, 3.63) is 31.8 Å². The predicted octanol–water partition coefficient (Wildman–Crippen LogP) is 3.25. The Kier molecular flexibility index (Phi) is 5.25. The highest BCUT2D eigenvalue weighted by atomic mass is 127. The molecule has 1 aromatic carbocycles. The van der Waals surface area contributed by atoms with Gasteiger partial charge in [0.2, 0.25) is 0 Å². The molecule has 1 saturated heterocycles. The first-order valence-corrected chi connectivity index (χ1v) is 8.36. The summed E-state index contributed by atoms with van der Waals surface area (Å²) in [5, 5.41) is 0. The minimum absolute atomic E-state index is 0.0905. The van der Waals surface area contributed by atoms with Crippen LogP contribution in [0, 0.1) is 9.49 Å². The van der Waals surface area contributed by atoms with Crippen LogP contribution in [0.15, 0.2) is 22.7 Å². The van der Waals surface area contributed by atoms with E-state index in [0.29, 0.717) is 12.5 Å². The number of amides is 1. The van der Waals surface area contributed by atoms with Gasteiger partial charge in [-0.05, 0) is 75.5 Å². The van der Waals surface area contributed by atoms with Gasteiger partial charge in [0.25, 0.3) is 5.91 Å². The fraction of sp³-hybridized carbons (Fsp3) is 0.500. The van der Waals surface area contributed by atoms with Gasteiger partial charge in [-0.3, -0.25) is 4.79 Å². The quantitative estimate of drug-likeness (QED) is 0.723. The number of piperidine rings is 1. The number of carbonyl (C=O) groups is 1. The number of halogens is 2. The number of nitrogens with zero attached hydrogens (tertiary/aromatic N) is 1. The molecule has 1 aliphatic heterocycles. The van der Waals surface area contributed by atoms with E-state index in [1.165, 1.54) is 0 Å².